The molecule has 12 atom stereocenters. The number of esters is 1. The number of allylic oxidation sites excluding steroid dienone is 1. The fraction of sp³-hybridized carbons (Fsp3) is 0.771. The average Bonchev–Trinajstić information content (AvgIpc) is 3.50. The molecule has 1 aromatic carbocycles. The Morgan fingerprint density at radius 1 is 1.00 bits per heavy atom. The minimum Gasteiger partial charge on any atom is -0.458 e. The summed E-state index contributed by atoms with van der Waals surface area (Å²) >= 11 is 0. The van der Waals surface area contributed by atoms with E-state index in [4.69, 9.17) is 23.8 Å². The highest BCUT2D eigenvalue weighted by molar-refractivity contribution is 5.96. The molecule has 4 N–H and O–H groups in total. The van der Waals surface area contributed by atoms with E-state index in [0.717, 1.165) is 68.9 Å². The van der Waals surface area contributed by atoms with Crippen LogP contribution in [0.1, 0.15) is 143 Å². The number of carbonyl (C=O) groups is 3. The lowest BCUT2D eigenvalue weighted by molar-refractivity contribution is -0.224. The van der Waals surface area contributed by atoms with Gasteiger partial charge in [-0.1, -0.05) is 89.3 Å². The van der Waals surface area contributed by atoms with Gasteiger partial charge in [0.1, 0.15) is 35.9 Å². The van der Waals surface area contributed by atoms with Crippen molar-refractivity contribution in [1.29, 1.82) is 0 Å². The Kier molecular flexibility index (Phi) is 12.9. The van der Waals surface area contributed by atoms with E-state index in [-0.39, 0.29) is 31.7 Å². The van der Waals surface area contributed by atoms with Gasteiger partial charge in [0.25, 0.3) is 0 Å². The maximum Gasteiger partial charge on any atom is 0.327 e. The number of amides is 2. The number of hydroxylamine groups is 2. The Bertz CT molecular complexity index is 1810. The van der Waals surface area contributed by atoms with Crippen molar-refractivity contribution < 1.29 is 48.4 Å². The second kappa shape index (κ2) is 17.6. The molecule has 3 saturated carbocycles. The fourth-order valence-corrected chi connectivity index (χ4v) is 12.0. The maximum atomic E-state index is 15.0. The number of rotatable bonds is 17. The van der Waals surface area contributed by atoms with Crippen LogP contribution in [0.25, 0.3) is 6.08 Å². The Morgan fingerprint density at radius 3 is 2.43 bits per heavy atom. The van der Waals surface area contributed by atoms with E-state index in [1.54, 1.807) is 5.06 Å². The molecule has 7 aliphatic rings. The van der Waals surface area contributed by atoms with Gasteiger partial charge in [0.15, 0.2) is 11.8 Å². The molecule has 338 valence electrons. The van der Waals surface area contributed by atoms with Crippen molar-refractivity contribution in [2.45, 2.75) is 198 Å². The molecule has 0 radical (unpaired) electrons. The topological polar surface area (TPSA) is 168 Å². The smallest absolute Gasteiger partial charge is 0.327 e. The van der Waals surface area contributed by atoms with Crippen molar-refractivity contribution in [3.63, 3.8) is 0 Å². The third-order valence-electron chi connectivity index (χ3n) is 15.5. The van der Waals surface area contributed by atoms with Gasteiger partial charge in [0.2, 0.25) is 11.8 Å². The Hall–Kier alpha value is -2.91. The van der Waals surface area contributed by atoms with E-state index >= 15 is 4.79 Å². The molecular weight excluding hydrogens is 779 g/mol. The van der Waals surface area contributed by atoms with E-state index in [1.807, 2.05) is 12.1 Å². The summed E-state index contributed by atoms with van der Waals surface area (Å²) < 4.78 is 26.4. The van der Waals surface area contributed by atoms with Gasteiger partial charge in [-0.05, 0) is 87.2 Å². The molecule has 4 saturated heterocycles. The Balaban J connectivity index is 1.11. The number of hydrogen-bond acceptors (Lipinski definition) is 11. The highest BCUT2D eigenvalue weighted by Crippen LogP contribution is 2.61. The van der Waals surface area contributed by atoms with Crippen LogP contribution < -0.4 is 10.6 Å². The predicted molar refractivity (Wildman–Crippen MR) is 227 cm³/mol. The summed E-state index contributed by atoms with van der Waals surface area (Å²) in [5, 5.41) is 27.1. The first kappa shape index (κ1) is 44.7. The number of epoxide rings is 1. The molecule has 7 fully saturated rings. The number of aliphatic hydroxyl groups is 2. The molecule has 3 unspecified atom stereocenters. The summed E-state index contributed by atoms with van der Waals surface area (Å²) in [5.74, 6) is -1.60. The Morgan fingerprint density at radius 2 is 1.74 bits per heavy atom. The summed E-state index contributed by atoms with van der Waals surface area (Å²) in [4.78, 5) is 49.6. The molecule has 61 heavy (non-hydrogen) atoms. The van der Waals surface area contributed by atoms with Crippen molar-refractivity contribution in [3.05, 3.63) is 41.0 Å². The van der Waals surface area contributed by atoms with Crippen molar-refractivity contribution in [1.82, 2.24) is 15.7 Å². The molecule has 13 heteroatoms. The minimum atomic E-state index is -1.53. The average molecular weight is 850 g/mol. The summed E-state index contributed by atoms with van der Waals surface area (Å²) in [6.45, 7) is 12.6. The monoisotopic (exact) mass is 850 g/mol. The quantitative estimate of drug-likeness (QED) is 0.0840. The minimum absolute atomic E-state index is 0.0118. The highest BCUT2D eigenvalue weighted by atomic mass is 16.8. The van der Waals surface area contributed by atoms with E-state index in [2.05, 4.69) is 63.5 Å². The summed E-state index contributed by atoms with van der Waals surface area (Å²) in [5.41, 5.74) is 2.24. The molecule has 0 aromatic heterocycles. The molecule has 4 heterocycles. The number of nitrogens with zero attached hydrogens (tertiary/aromatic N) is 1. The van der Waals surface area contributed by atoms with Crippen LogP contribution >= 0.6 is 0 Å². The van der Waals surface area contributed by atoms with Gasteiger partial charge in [0.05, 0.1) is 31.0 Å². The van der Waals surface area contributed by atoms with Gasteiger partial charge >= 0.3 is 5.97 Å². The zero-order valence-corrected chi connectivity index (χ0v) is 37.3. The second-order valence-corrected chi connectivity index (χ2v) is 20.3. The van der Waals surface area contributed by atoms with E-state index in [9.17, 15) is 19.8 Å². The van der Waals surface area contributed by atoms with Gasteiger partial charge in [-0.2, -0.15) is 5.06 Å². The molecule has 4 aliphatic heterocycles. The van der Waals surface area contributed by atoms with Crippen LogP contribution in [-0.2, 0) is 44.7 Å². The zero-order chi connectivity index (χ0) is 43.3. The third-order valence-corrected chi connectivity index (χ3v) is 15.5. The standard InChI is InChI=1S/C48H71N3O10/c1-7-9-11-19-47(20-12-10-8-2)59-38-35-27-48(44(56)50-37(29(3)53)42(54)49-22-23-52)40(43(55)57-35)51(61-41(48)39(38)60-47)28-31-15-13-14-30(24-31)25-32-16-17-36-46(6,58-36)21-18-34-33(32)26-45(34,4)5/h13-15,24-25,29,33-41,52-53H,7-12,16-23,26-28H2,1-6H3,(H,49,54)(H,50,56)/t29-,33+,34+,35?,36?,37+,38-,39-,40-,41+,46+,48?/m0/s1. The van der Waals surface area contributed by atoms with Crippen LogP contribution in [0.5, 0.6) is 0 Å². The van der Waals surface area contributed by atoms with E-state index in [1.165, 1.54) is 25.3 Å². The lowest BCUT2D eigenvalue weighted by Crippen LogP contribution is -2.71. The van der Waals surface area contributed by atoms with Crippen molar-refractivity contribution in [2.24, 2.45) is 22.7 Å². The summed E-state index contributed by atoms with van der Waals surface area (Å²) in [7, 11) is 0. The van der Waals surface area contributed by atoms with Gasteiger partial charge in [-0.25, -0.2) is 0 Å². The zero-order valence-electron chi connectivity index (χ0n) is 37.3. The van der Waals surface area contributed by atoms with Crippen molar-refractivity contribution in [3.8, 4) is 0 Å². The lowest BCUT2D eigenvalue weighted by atomic mass is 9.52. The fourth-order valence-electron chi connectivity index (χ4n) is 12.0. The number of nitrogens with one attached hydrogen (secondary N) is 2. The molecule has 0 spiro atoms. The van der Waals surface area contributed by atoms with E-state index in [0.29, 0.717) is 36.2 Å². The van der Waals surface area contributed by atoms with Gasteiger partial charge < -0.3 is 39.8 Å². The third kappa shape index (κ3) is 8.46. The molecule has 13 nitrogen and oxygen atoms in total. The van der Waals surface area contributed by atoms with Gasteiger partial charge in [-0.3, -0.25) is 19.2 Å². The number of benzene rings is 1. The predicted octanol–water partition coefficient (Wildman–Crippen LogP) is 5.88. The van der Waals surface area contributed by atoms with Crippen LogP contribution in [0.2, 0.25) is 0 Å². The Labute approximate surface area is 361 Å². The number of unbranched alkanes of at least 4 members (excludes halogenated alkanes) is 4. The summed E-state index contributed by atoms with van der Waals surface area (Å²) in [6.07, 6.45) is 11.1. The van der Waals surface area contributed by atoms with Crippen LogP contribution in [0.3, 0.4) is 0 Å². The first-order chi connectivity index (χ1) is 29.2. The van der Waals surface area contributed by atoms with Crippen LogP contribution in [0, 0.1) is 22.7 Å². The maximum absolute atomic E-state index is 15.0. The molecule has 8 rings (SSSR count). The second-order valence-electron chi connectivity index (χ2n) is 20.3. The normalized spacial score (nSPS) is 37.1. The number of ether oxygens (including phenoxy) is 4. The largest absolute Gasteiger partial charge is 0.458 e. The van der Waals surface area contributed by atoms with Crippen LogP contribution in [0.15, 0.2) is 29.8 Å². The summed E-state index contributed by atoms with van der Waals surface area (Å²) in [6, 6.07) is 5.81. The van der Waals surface area contributed by atoms with Gasteiger partial charge in [0, 0.05) is 25.8 Å². The number of carbonyl (C=O) groups excluding carboxylic acids is 3. The number of hydrogen-bond donors (Lipinski definition) is 4. The van der Waals surface area contributed by atoms with Crippen LogP contribution in [-0.4, -0.2) is 106 Å². The molecule has 2 amide bonds. The number of aliphatic hydroxyl groups excluding tert-OH is 2. The molecule has 3 aliphatic carbocycles. The van der Waals surface area contributed by atoms with E-state index < -0.39 is 71.6 Å². The molecular formula is C48H71N3O10. The SMILES string of the molecule is CCCCCC1(CCCCC)O[C@@H]2[C@H]3ON(Cc4cccc(C=C5CCC6O[C@]6(C)CC[C@@H]6[C@@H]5CC6(C)C)c4)[C@H]4C(=O)OC(CC34C(=O)N[C@@H](C(=O)NCCO)[C@H](C)O)[C@@H]2O1. The lowest BCUT2D eigenvalue weighted by Gasteiger charge is -2.53. The van der Waals surface area contributed by atoms with Crippen molar-refractivity contribution in [2.75, 3.05) is 13.2 Å². The highest BCUT2D eigenvalue weighted by Gasteiger charge is 2.76. The van der Waals surface area contributed by atoms with Gasteiger partial charge in [-0.15, -0.1) is 0 Å². The molecule has 2 bridgehead atoms. The number of fused-ring (bicyclic) bond motifs is 6. The van der Waals surface area contributed by atoms with Crippen molar-refractivity contribution >= 4 is 23.9 Å². The first-order valence-corrected chi connectivity index (χ1v) is 23.5. The molecule has 1 aromatic rings. The first-order valence-electron chi connectivity index (χ1n) is 23.5. The van der Waals surface area contributed by atoms with Crippen LogP contribution in [0.4, 0.5) is 0 Å².